The van der Waals surface area contributed by atoms with E-state index in [-0.39, 0.29) is 12.1 Å². The highest BCUT2D eigenvalue weighted by Gasteiger charge is 2.42. The third kappa shape index (κ3) is 3.69. The molecule has 0 bridgehead atoms. The van der Waals surface area contributed by atoms with E-state index in [9.17, 15) is 5.11 Å². The van der Waals surface area contributed by atoms with Crippen molar-refractivity contribution in [1.29, 1.82) is 0 Å². The van der Waals surface area contributed by atoms with Gasteiger partial charge < -0.3 is 15.2 Å². The maximum absolute atomic E-state index is 9.78. The number of hydrogen-bond donors (Lipinski definition) is 2. The first kappa shape index (κ1) is 15.2. The van der Waals surface area contributed by atoms with E-state index < -0.39 is 0 Å². The number of hydrogen-bond acceptors (Lipinski definition) is 4. The fourth-order valence-corrected chi connectivity index (χ4v) is 3.86. The minimum atomic E-state index is -0.0659. The molecule has 0 aromatic rings. The zero-order valence-electron chi connectivity index (χ0n) is 12.9. The second-order valence-electron chi connectivity index (χ2n) is 6.85. The van der Waals surface area contributed by atoms with Gasteiger partial charge in [-0.2, -0.15) is 0 Å². The van der Waals surface area contributed by atoms with E-state index in [1.807, 2.05) is 0 Å². The van der Waals surface area contributed by atoms with Crippen LogP contribution in [-0.2, 0) is 4.74 Å². The van der Waals surface area contributed by atoms with Crippen LogP contribution in [0.15, 0.2) is 0 Å². The van der Waals surface area contributed by atoms with Crippen LogP contribution in [0.2, 0.25) is 0 Å². The van der Waals surface area contributed by atoms with Crippen molar-refractivity contribution in [3.05, 3.63) is 0 Å². The Morgan fingerprint density at radius 3 is 2.47 bits per heavy atom. The maximum Gasteiger partial charge on any atom is 0.0678 e. The first-order valence-electron chi connectivity index (χ1n) is 7.72. The van der Waals surface area contributed by atoms with Gasteiger partial charge in [0.2, 0.25) is 0 Å². The Labute approximate surface area is 117 Å². The number of aliphatic hydroxyl groups excluding tert-OH is 1. The lowest BCUT2D eigenvalue weighted by atomic mass is 9.97. The van der Waals surface area contributed by atoms with Gasteiger partial charge in [0.15, 0.2) is 0 Å². The summed E-state index contributed by atoms with van der Waals surface area (Å²) in [7, 11) is 0. The zero-order valence-corrected chi connectivity index (χ0v) is 12.9. The fourth-order valence-electron chi connectivity index (χ4n) is 3.86. The van der Waals surface area contributed by atoms with E-state index in [1.165, 1.54) is 6.42 Å². The second kappa shape index (κ2) is 6.08. The second-order valence-corrected chi connectivity index (χ2v) is 6.85. The normalized spacial score (nSPS) is 41.1. The Balaban J connectivity index is 1.96. The van der Waals surface area contributed by atoms with Crippen molar-refractivity contribution < 1.29 is 9.84 Å². The Bertz CT molecular complexity index is 288. The number of morpholine rings is 1. The number of nitrogens with zero attached hydrogens (tertiary/aromatic N) is 1. The molecule has 4 heteroatoms. The molecule has 4 nitrogen and oxygen atoms in total. The van der Waals surface area contributed by atoms with Crippen LogP contribution in [0.3, 0.4) is 0 Å². The van der Waals surface area contributed by atoms with Gasteiger partial charge in [-0.15, -0.1) is 0 Å². The topological polar surface area (TPSA) is 44.7 Å². The van der Waals surface area contributed by atoms with Crippen LogP contribution in [0.5, 0.6) is 0 Å². The highest BCUT2D eigenvalue weighted by molar-refractivity contribution is 5.01. The van der Waals surface area contributed by atoms with Gasteiger partial charge in [0.05, 0.1) is 18.8 Å². The molecule has 1 saturated carbocycles. The molecule has 0 radical (unpaired) electrons. The maximum atomic E-state index is 9.78. The quantitative estimate of drug-likeness (QED) is 0.810. The Kier molecular flexibility index (Phi) is 4.88. The predicted octanol–water partition coefficient (Wildman–Crippen LogP) is 1.38. The molecule has 0 aromatic carbocycles. The van der Waals surface area contributed by atoms with Crippen LogP contribution in [-0.4, -0.2) is 59.5 Å². The molecule has 0 spiro atoms. The van der Waals surface area contributed by atoms with Crippen LogP contribution >= 0.6 is 0 Å². The number of rotatable bonds is 4. The van der Waals surface area contributed by atoms with Crippen LogP contribution < -0.4 is 5.32 Å². The fraction of sp³-hybridized carbons (Fsp3) is 1.00. The predicted molar refractivity (Wildman–Crippen MR) is 77.3 cm³/mol. The summed E-state index contributed by atoms with van der Waals surface area (Å²) < 4.78 is 5.81. The number of aliphatic hydroxyl groups is 1. The molecule has 1 saturated heterocycles. The van der Waals surface area contributed by atoms with Crippen LogP contribution in [0.1, 0.15) is 47.0 Å². The smallest absolute Gasteiger partial charge is 0.0678 e. The summed E-state index contributed by atoms with van der Waals surface area (Å²) in [6, 6.07) is 1.01. The van der Waals surface area contributed by atoms with Crippen molar-refractivity contribution in [3.8, 4) is 0 Å². The molecular weight excluding hydrogens is 240 g/mol. The first-order chi connectivity index (χ1) is 8.94. The molecule has 2 fully saturated rings. The zero-order chi connectivity index (χ0) is 14.0. The molecule has 2 aliphatic rings. The van der Waals surface area contributed by atoms with Gasteiger partial charge in [0.1, 0.15) is 0 Å². The Morgan fingerprint density at radius 2 is 1.95 bits per heavy atom. The largest absolute Gasteiger partial charge is 0.394 e. The molecule has 1 aliphatic carbocycles. The van der Waals surface area contributed by atoms with Crippen molar-refractivity contribution in [2.75, 3.05) is 19.7 Å². The van der Waals surface area contributed by atoms with Gasteiger partial charge in [0.25, 0.3) is 0 Å². The van der Waals surface area contributed by atoms with Gasteiger partial charge in [0, 0.05) is 30.7 Å². The van der Waals surface area contributed by atoms with Crippen molar-refractivity contribution in [1.82, 2.24) is 10.2 Å². The lowest BCUT2D eigenvalue weighted by Gasteiger charge is -2.40. The number of ether oxygens (including phenoxy) is 1. The van der Waals surface area contributed by atoms with Gasteiger partial charge in [-0.25, -0.2) is 0 Å². The van der Waals surface area contributed by atoms with E-state index in [0.29, 0.717) is 24.3 Å². The summed E-state index contributed by atoms with van der Waals surface area (Å²) in [6.07, 6.45) is 3.96. The van der Waals surface area contributed by atoms with Crippen molar-refractivity contribution >= 4 is 0 Å². The summed E-state index contributed by atoms with van der Waals surface area (Å²) in [5.41, 5.74) is -0.0659. The molecule has 4 atom stereocenters. The lowest BCUT2D eigenvalue weighted by molar-refractivity contribution is -0.0805. The van der Waals surface area contributed by atoms with Crippen LogP contribution in [0.4, 0.5) is 0 Å². The third-order valence-electron chi connectivity index (χ3n) is 4.44. The van der Waals surface area contributed by atoms with Crippen LogP contribution in [0.25, 0.3) is 0 Å². The van der Waals surface area contributed by atoms with Gasteiger partial charge >= 0.3 is 0 Å². The molecule has 19 heavy (non-hydrogen) atoms. The molecule has 1 aliphatic heterocycles. The van der Waals surface area contributed by atoms with Gasteiger partial charge in [-0.1, -0.05) is 13.8 Å². The standard InChI is InChI=1S/C15H30N2O2/c1-11(2)16-15(10-18)6-5-14(7-15)17-8-12(3)19-13(4)9-17/h11-14,16,18H,5-10H2,1-4H3/t12-,13+,14?,15?. The summed E-state index contributed by atoms with van der Waals surface area (Å²) in [4.78, 5) is 2.57. The molecular formula is C15H30N2O2. The average molecular weight is 270 g/mol. The van der Waals surface area contributed by atoms with Crippen molar-refractivity contribution in [2.24, 2.45) is 0 Å². The summed E-state index contributed by atoms with van der Waals surface area (Å²) in [5.74, 6) is 0. The molecule has 0 aromatic heterocycles. The average Bonchev–Trinajstić information content (AvgIpc) is 2.72. The molecule has 2 unspecified atom stereocenters. The monoisotopic (exact) mass is 270 g/mol. The van der Waals surface area contributed by atoms with E-state index in [2.05, 4.69) is 37.9 Å². The Hall–Kier alpha value is -0.160. The van der Waals surface area contributed by atoms with Gasteiger partial charge in [-0.05, 0) is 33.1 Å². The van der Waals surface area contributed by atoms with Crippen molar-refractivity contribution in [3.63, 3.8) is 0 Å². The van der Waals surface area contributed by atoms with Crippen molar-refractivity contribution in [2.45, 2.75) is 76.8 Å². The first-order valence-corrected chi connectivity index (χ1v) is 7.72. The highest BCUT2D eigenvalue weighted by atomic mass is 16.5. The summed E-state index contributed by atoms with van der Waals surface area (Å²) in [6.45, 7) is 10.9. The third-order valence-corrected chi connectivity index (χ3v) is 4.44. The van der Waals surface area contributed by atoms with Crippen LogP contribution in [0, 0.1) is 0 Å². The van der Waals surface area contributed by atoms with E-state index in [0.717, 1.165) is 25.9 Å². The van der Waals surface area contributed by atoms with Gasteiger partial charge in [-0.3, -0.25) is 4.90 Å². The number of nitrogens with one attached hydrogen (secondary N) is 1. The summed E-state index contributed by atoms with van der Waals surface area (Å²) in [5, 5.41) is 13.4. The van der Waals surface area contributed by atoms with E-state index >= 15 is 0 Å². The molecule has 112 valence electrons. The summed E-state index contributed by atoms with van der Waals surface area (Å²) >= 11 is 0. The molecule has 2 rings (SSSR count). The molecule has 1 heterocycles. The Morgan fingerprint density at radius 1 is 1.32 bits per heavy atom. The molecule has 2 N–H and O–H groups in total. The minimum absolute atomic E-state index is 0.0659. The minimum Gasteiger partial charge on any atom is -0.394 e. The van der Waals surface area contributed by atoms with E-state index in [1.54, 1.807) is 0 Å². The molecule has 0 amide bonds. The lowest BCUT2D eigenvalue weighted by Crippen LogP contribution is -2.53. The highest BCUT2D eigenvalue weighted by Crippen LogP contribution is 2.34. The SMILES string of the molecule is CC(C)NC1(CO)CCC(N2C[C@@H](C)O[C@@H](C)C2)C1. The van der Waals surface area contributed by atoms with E-state index in [4.69, 9.17) is 4.74 Å².